The highest BCUT2D eigenvalue weighted by atomic mass is 15.1. The van der Waals surface area contributed by atoms with Crippen molar-refractivity contribution >= 4 is 5.69 Å². The third-order valence-corrected chi connectivity index (χ3v) is 15.4. The van der Waals surface area contributed by atoms with E-state index in [1.807, 2.05) is 116 Å². The average Bonchev–Trinajstić information content (AvgIpc) is 3.78. The summed E-state index contributed by atoms with van der Waals surface area (Å²) in [5.41, 5.74) is 6.55. The highest BCUT2D eigenvalue weighted by Crippen LogP contribution is 2.22. The molecule has 7 rings (SSSR count). The molecule has 5 aromatic carbocycles. The van der Waals surface area contributed by atoms with E-state index in [0.29, 0.717) is 12.1 Å². The van der Waals surface area contributed by atoms with Crippen LogP contribution in [0, 0.1) is 11.8 Å². The molecule has 0 heterocycles. The number of nitrogens with zero attached hydrogens (tertiary/aromatic N) is 4. The number of hydrogen-bond donors (Lipinski definition) is 7. The van der Waals surface area contributed by atoms with Crippen molar-refractivity contribution in [3.63, 3.8) is 0 Å². The average molecular weight is 1280 g/mol. The Balaban J connectivity index is -0.000000471. The van der Waals surface area contributed by atoms with E-state index in [4.69, 9.17) is 0 Å². The topological polar surface area (TPSA) is 97.2 Å². The SMILES string of the molecule is CCC(C)NC.CCCCN(C)CCCC.CCN(C)CC.CN(C)C.CN(Cc1ccccc1)Cc1ccccc1.CNC(C)c1ccccc1.CNC1CCCCC1.CNCC(C)C.CNCC1CCCCC1.CNCc1ccccc1.CNc1ccccc1. The molecule has 530 valence electrons. The molecule has 0 radical (unpaired) electrons. The maximum atomic E-state index is 3.30. The van der Waals surface area contributed by atoms with Gasteiger partial charge in [-0.3, -0.25) is 4.90 Å². The van der Waals surface area contributed by atoms with Gasteiger partial charge in [-0.1, -0.05) is 239 Å². The first-order valence-electron chi connectivity index (χ1n) is 35.9. The van der Waals surface area contributed by atoms with Gasteiger partial charge in [0.1, 0.15) is 0 Å². The molecule has 2 atom stereocenters. The lowest BCUT2D eigenvalue weighted by molar-refractivity contribution is 0.319. The van der Waals surface area contributed by atoms with Gasteiger partial charge in [-0.15, -0.1) is 0 Å². The van der Waals surface area contributed by atoms with Crippen LogP contribution >= 0.6 is 0 Å². The molecule has 11 heteroatoms. The van der Waals surface area contributed by atoms with Crippen molar-refractivity contribution in [2.75, 3.05) is 136 Å². The molecule has 0 spiro atoms. The molecule has 0 aliphatic heterocycles. The number of nitrogens with one attached hydrogen (secondary N) is 7. The van der Waals surface area contributed by atoms with Crippen LogP contribution in [0.1, 0.15) is 187 Å². The Morgan fingerprint density at radius 1 is 0.435 bits per heavy atom. The van der Waals surface area contributed by atoms with Gasteiger partial charge in [0.2, 0.25) is 0 Å². The second-order valence-corrected chi connectivity index (χ2v) is 25.3. The minimum Gasteiger partial charge on any atom is -0.388 e. The molecule has 2 aliphatic rings. The summed E-state index contributed by atoms with van der Waals surface area (Å²) in [7, 11) is 26.4. The van der Waals surface area contributed by atoms with E-state index in [2.05, 4.69) is 247 Å². The van der Waals surface area contributed by atoms with Crippen molar-refractivity contribution in [1.29, 1.82) is 0 Å². The van der Waals surface area contributed by atoms with Crippen LogP contribution in [0.4, 0.5) is 5.69 Å². The van der Waals surface area contributed by atoms with Crippen molar-refractivity contribution < 1.29 is 0 Å². The van der Waals surface area contributed by atoms with Crippen LogP contribution in [0.3, 0.4) is 0 Å². The predicted molar refractivity (Wildman–Crippen MR) is 417 cm³/mol. The van der Waals surface area contributed by atoms with Gasteiger partial charge in [0.05, 0.1) is 0 Å². The summed E-state index contributed by atoms with van der Waals surface area (Å²) in [6, 6.07) is 53.9. The van der Waals surface area contributed by atoms with E-state index in [1.165, 1.54) is 138 Å². The smallest absolute Gasteiger partial charge is 0.0337 e. The Morgan fingerprint density at radius 2 is 0.837 bits per heavy atom. The van der Waals surface area contributed by atoms with Crippen molar-refractivity contribution in [2.45, 2.75) is 196 Å². The number of unbranched alkanes of at least 4 members (excludes halogenated alkanes) is 2. The molecule has 0 saturated heterocycles. The van der Waals surface area contributed by atoms with Gasteiger partial charge >= 0.3 is 0 Å². The van der Waals surface area contributed by atoms with Gasteiger partial charge < -0.3 is 51.9 Å². The third kappa shape index (κ3) is 68.4. The third-order valence-electron chi connectivity index (χ3n) is 15.4. The van der Waals surface area contributed by atoms with Crippen molar-refractivity contribution in [1.82, 2.24) is 51.5 Å². The monoisotopic (exact) mass is 1280 g/mol. The molecule has 7 N–H and O–H groups in total. The fourth-order valence-corrected chi connectivity index (χ4v) is 9.03. The van der Waals surface area contributed by atoms with Gasteiger partial charge in [0, 0.05) is 50.5 Å². The molecule has 92 heavy (non-hydrogen) atoms. The maximum Gasteiger partial charge on any atom is 0.0337 e. The number of benzene rings is 5. The Bertz CT molecular complexity index is 2020. The van der Waals surface area contributed by atoms with Gasteiger partial charge in [-0.05, 0) is 229 Å². The fraction of sp³-hybridized carbons (Fsp3) is 0.630. The van der Waals surface area contributed by atoms with Crippen LogP contribution in [-0.2, 0) is 19.6 Å². The van der Waals surface area contributed by atoms with E-state index >= 15 is 0 Å². The first-order valence-corrected chi connectivity index (χ1v) is 35.9. The zero-order chi connectivity index (χ0) is 69.7. The zero-order valence-corrected chi connectivity index (χ0v) is 64.1. The molecule has 2 saturated carbocycles. The van der Waals surface area contributed by atoms with E-state index < -0.39 is 0 Å². The lowest BCUT2D eigenvalue weighted by atomic mass is 9.89. The molecule has 5 aromatic rings. The fourth-order valence-electron chi connectivity index (χ4n) is 9.03. The Morgan fingerprint density at radius 3 is 1.11 bits per heavy atom. The molecule has 0 aromatic heterocycles. The minimum atomic E-state index is 0.459. The summed E-state index contributed by atoms with van der Waals surface area (Å²) in [5.74, 6) is 1.78. The molecule has 2 unspecified atom stereocenters. The molecule has 0 bridgehead atoms. The van der Waals surface area contributed by atoms with Crippen LogP contribution in [0.5, 0.6) is 0 Å². The van der Waals surface area contributed by atoms with Gasteiger partial charge in [0.15, 0.2) is 0 Å². The van der Waals surface area contributed by atoms with E-state index in [0.717, 1.165) is 62.8 Å². The Kier molecular flexibility index (Phi) is 73.8. The summed E-state index contributed by atoms with van der Waals surface area (Å²) in [5, 5.41) is 22.0. The number of anilines is 1. The van der Waals surface area contributed by atoms with E-state index in [9.17, 15) is 0 Å². The highest BCUT2D eigenvalue weighted by molar-refractivity contribution is 5.41. The second kappa shape index (κ2) is 72.3. The summed E-state index contributed by atoms with van der Waals surface area (Å²) >= 11 is 0. The van der Waals surface area contributed by atoms with Crippen LogP contribution < -0.4 is 37.2 Å². The summed E-state index contributed by atoms with van der Waals surface area (Å²) in [6.45, 7) is 29.9. The van der Waals surface area contributed by atoms with Crippen molar-refractivity contribution in [3.05, 3.63) is 174 Å². The highest BCUT2D eigenvalue weighted by Gasteiger charge is 2.11. The number of para-hydroxylation sites is 1. The standard InChI is InChI=1S/C15H17N.C9H13N.C9H21N.C8H17N.C8H11N.C7H15N.C7H9N.3C5H13N.C3H9N/c1-16(12-14-8-4-2-5-9-14)13-15-10-6-3-7-11-15;1-8(10-2)9-6-4-3-5-7-9;1-4-6-8-10(3)9-7-5-2;2*1-9-7-8-5-3-2-4-6-8;2*1-8-7-5-3-2-4-6-7;1-5(2)4-6-3;1-4-6(3)5-2;1-4-5(2)6-3;1-4(2)3/h2-11H,12-13H2,1H3;3-8,10H,1-2H3;4-9H2,1-3H3;8-9H,2-7H2,1H3;2-6,9H,7H2,1H3;7-8H,2-6H2,1H3;2-6,8H,1H3;5-6H,4H2,1-3H3;4-5H2,1-3H3;5-6H,4H2,1-3H3;1-3H3. The van der Waals surface area contributed by atoms with E-state index in [1.54, 1.807) is 0 Å². The van der Waals surface area contributed by atoms with Crippen molar-refractivity contribution in [2.24, 2.45) is 11.8 Å². The molecule has 11 nitrogen and oxygen atoms in total. The van der Waals surface area contributed by atoms with Crippen LogP contribution in [0.15, 0.2) is 152 Å². The Labute approximate surface area is 572 Å². The van der Waals surface area contributed by atoms with Crippen molar-refractivity contribution in [3.8, 4) is 0 Å². The summed E-state index contributed by atoms with van der Waals surface area (Å²) in [6.07, 6.45) is 21.0. The van der Waals surface area contributed by atoms with Crippen LogP contribution in [0.2, 0.25) is 0 Å². The lowest BCUT2D eigenvalue weighted by Crippen LogP contribution is -2.26. The first kappa shape index (κ1) is 93.9. The zero-order valence-electron chi connectivity index (χ0n) is 64.1. The lowest BCUT2D eigenvalue weighted by Gasteiger charge is -2.20. The minimum absolute atomic E-state index is 0.459. The van der Waals surface area contributed by atoms with Crippen LogP contribution in [-0.4, -0.2) is 163 Å². The summed E-state index contributed by atoms with van der Waals surface area (Å²) in [4.78, 5) is 9.00. The van der Waals surface area contributed by atoms with Gasteiger partial charge in [-0.25, -0.2) is 0 Å². The molecular formula is C81H151N11. The molecule has 0 amide bonds. The molecular weight excluding hydrogens is 1130 g/mol. The molecule has 2 aliphatic carbocycles. The normalized spacial score (nSPS) is 13.0. The van der Waals surface area contributed by atoms with Crippen LogP contribution in [0.25, 0.3) is 0 Å². The maximum absolute atomic E-state index is 3.30. The van der Waals surface area contributed by atoms with Gasteiger partial charge in [0.25, 0.3) is 0 Å². The summed E-state index contributed by atoms with van der Waals surface area (Å²) < 4.78 is 0. The number of hydrogen-bond acceptors (Lipinski definition) is 11. The number of rotatable bonds is 24. The van der Waals surface area contributed by atoms with Gasteiger partial charge in [-0.2, -0.15) is 0 Å². The Hall–Kier alpha value is -4.50. The predicted octanol–water partition coefficient (Wildman–Crippen LogP) is 17.3. The molecule has 2 fully saturated rings. The van der Waals surface area contributed by atoms with E-state index in [-0.39, 0.29) is 0 Å². The second-order valence-electron chi connectivity index (χ2n) is 25.3. The first-order chi connectivity index (χ1) is 44.3. The quantitative estimate of drug-likeness (QED) is 0.0322. The largest absolute Gasteiger partial charge is 0.388 e.